The van der Waals surface area contributed by atoms with Gasteiger partial charge in [0.2, 0.25) is 5.71 Å². The molecule has 1 aromatic carbocycles. The summed E-state index contributed by atoms with van der Waals surface area (Å²) in [5.74, 6) is -0.754. The monoisotopic (exact) mass is 263 g/mol. The molecule has 19 heavy (non-hydrogen) atoms. The van der Waals surface area contributed by atoms with Crippen LogP contribution < -0.4 is 15.9 Å². The highest BCUT2D eigenvalue weighted by Gasteiger charge is 2.12. The van der Waals surface area contributed by atoms with E-state index >= 15 is 0 Å². The molecule has 0 saturated carbocycles. The molecule has 0 radical (unpaired) electrons. The second-order valence-electron chi connectivity index (χ2n) is 3.19. The van der Waals surface area contributed by atoms with Crippen molar-refractivity contribution < 1.29 is 14.5 Å². The summed E-state index contributed by atoms with van der Waals surface area (Å²) < 4.78 is 4.95. The Morgan fingerprint density at radius 3 is 2.79 bits per heavy atom. The lowest BCUT2D eigenvalue weighted by atomic mass is 10.2. The lowest BCUT2D eigenvalue weighted by Crippen LogP contribution is -2.22. The Morgan fingerprint density at radius 2 is 2.32 bits per heavy atom. The van der Waals surface area contributed by atoms with Crippen LogP contribution in [-0.2, 0) is 4.79 Å². The second-order valence-corrected chi connectivity index (χ2v) is 3.19. The summed E-state index contributed by atoms with van der Waals surface area (Å²) in [6.45, 7) is 0. The number of nitro groups is 1. The Morgan fingerprint density at radius 1 is 1.63 bits per heavy atom. The highest BCUT2D eigenvalue weighted by Crippen LogP contribution is 2.28. The van der Waals surface area contributed by atoms with E-state index in [2.05, 4.69) is 10.5 Å². The number of amides is 1. The molecule has 3 N–H and O–H groups in total. The summed E-state index contributed by atoms with van der Waals surface area (Å²) in [5, 5.41) is 22.7. The number of nitrogens with two attached hydrogens (primary N) is 1. The molecule has 0 aromatic heterocycles. The van der Waals surface area contributed by atoms with E-state index in [4.69, 9.17) is 15.7 Å². The van der Waals surface area contributed by atoms with Crippen molar-refractivity contribution in [3.8, 4) is 11.8 Å². The predicted molar refractivity (Wildman–Crippen MR) is 65.5 cm³/mol. The normalized spacial score (nSPS) is 10.4. The van der Waals surface area contributed by atoms with Gasteiger partial charge in [-0.25, -0.2) is 0 Å². The number of non-ortho nitro benzene ring substituents is 1. The first kappa shape index (κ1) is 13.9. The third-order valence-corrected chi connectivity index (χ3v) is 2.02. The van der Waals surface area contributed by atoms with E-state index in [9.17, 15) is 14.9 Å². The molecule has 0 atom stereocenters. The first-order chi connectivity index (χ1) is 8.99. The third kappa shape index (κ3) is 3.40. The maximum atomic E-state index is 10.8. The molecule has 0 aliphatic carbocycles. The number of nitrogens with zero attached hydrogens (tertiary/aromatic N) is 3. The number of nitro benzene ring substituents is 1. The molecule has 0 bridgehead atoms. The van der Waals surface area contributed by atoms with Crippen LogP contribution >= 0.6 is 0 Å². The van der Waals surface area contributed by atoms with Gasteiger partial charge < -0.3 is 10.5 Å². The lowest BCUT2D eigenvalue weighted by molar-refractivity contribution is -0.384. The van der Waals surface area contributed by atoms with Crippen LogP contribution in [0, 0.1) is 21.4 Å². The average Bonchev–Trinajstić information content (AvgIpc) is 2.38. The zero-order valence-electron chi connectivity index (χ0n) is 9.78. The minimum Gasteiger partial charge on any atom is -0.495 e. The predicted octanol–water partition coefficient (Wildman–Crippen LogP) is 0.380. The van der Waals surface area contributed by atoms with Crippen molar-refractivity contribution in [1.29, 1.82) is 5.26 Å². The SMILES string of the molecule is COc1ccc([N+](=O)[O-])cc1N/N=C(\C#N)C(N)=O. The fourth-order valence-corrected chi connectivity index (χ4v) is 1.15. The van der Waals surface area contributed by atoms with E-state index in [0.29, 0.717) is 0 Å². The molecule has 1 rings (SSSR count). The molecule has 9 heteroatoms. The van der Waals surface area contributed by atoms with Gasteiger partial charge in [0.1, 0.15) is 17.5 Å². The molecule has 0 fully saturated rings. The van der Waals surface area contributed by atoms with Gasteiger partial charge in [-0.2, -0.15) is 10.4 Å². The van der Waals surface area contributed by atoms with Gasteiger partial charge >= 0.3 is 0 Å². The number of rotatable bonds is 5. The van der Waals surface area contributed by atoms with Crippen molar-refractivity contribution >= 4 is 23.0 Å². The summed E-state index contributed by atoms with van der Waals surface area (Å²) in [6, 6.07) is 5.23. The number of benzene rings is 1. The first-order valence-corrected chi connectivity index (χ1v) is 4.85. The van der Waals surface area contributed by atoms with Crippen molar-refractivity contribution in [1.82, 2.24) is 0 Å². The van der Waals surface area contributed by atoms with Crippen LogP contribution in [0.3, 0.4) is 0 Å². The molecule has 0 saturated heterocycles. The van der Waals surface area contributed by atoms with Crippen LogP contribution in [0.1, 0.15) is 0 Å². The lowest BCUT2D eigenvalue weighted by Gasteiger charge is -2.07. The molecule has 1 amide bonds. The van der Waals surface area contributed by atoms with Crippen molar-refractivity contribution in [2.75, 3.05) is 12.5 Å². The Kier molecular flexibility index (Phi) is 4.37. The largest absolute Gasteiger partial charge is 0.495 e. The molecular weight excluding hydrogens is 254 g/mol. The summed E-state index contributed by atoms with van der Waals surface area (Å²) >= 11 is 0. The number of nitriles is 1. The maximum Gasteiger partial charge on any atom is 0.280 e. The highest BCUT2D eigenvalue weighted by atomic mass is 16.6. The molecule has 0 spiro atoms. The van der Waals surface area contributed by atoms with Crippen molar-refractivity contribution in [2.45, 2.75) is 0 Å². The number of hydrogen-bond donors (Lipinski definition) is 2. The van der Waals surface area contributed by atoms with Crippen LogP contribution in [0.2, 0.25) is 0 Å². The standard InChI is InChI=1S/C10H9N5O4/c1-19-9-3-2-6(15(17)18)4-7(9)13-14-8(5-11)10(12)16/h2-4,13H,1H3,(H2,12,16)/b14-8+. The van der Waals surface area contributed by atoms with Gasteiger partial charge in [0.05, 0.1) is 12.0 Å². The van der Waals surface area contributed by atoms with Crippen LogP contribution in [0.25, 0.3) is 0 Å². The van der Waals surface area contributed by atoms with Gasteiger partial charge in [-0.1, -0.05) is 0 Å². The number of carbonyl (C=O) groups excluding carboxylic acids is 1. The Bertz CT molecular complexity index is 590. The zero-order valence-corrected chi connectivity index (χ0v) is 9.78. The summed E-state index contributed by atoms with van der Waals surface area (Å²) in [4.78, 5) is 20.8. The minimum absolute atomic E-state index is 0.130. The molecule has 0 heterocycles. The van der Waals surface area contributed by atoms with E-state index in [1.165, 1.54) is 25.3 Å². The van der Waals surface area contributed by atoms with Gasteiger partial charge in [-0.3, -0.25) is 20.3 Å². The summed E-state index contributed by atoms with van der Waals surface area (Å²) in [7, 11) is 1.36. The van der Waals surface area contributed by atoms with E-state index in [1.54, 1.807) is 0 Å². The quantitative estimate of drug-likeness (QED) is 0.446. The first-order valence-electron chi connectivity index (χ1n) is 4.85. The highest BCUT2D eigenvalue weighted by molar-refractivity contribution is 6.44. The van der Waals surface area contributed by atoms with E-state index in [-0.39, 0.29) is 17.1 Å². The fourth-order valence-electron chi connectivity index (χ4n) is 1.15. The van der Waals surface area contributed by atoms with Gasteiger partial charge in [-0.15, -0.1) is 0 Å². The molecule has 0 aliphatic rings. The summed E-state index contributed by atoms with van der Waals surface area (Å²) in [6.07, 6.45) is 0. The van der Waals surface area contributed by atoms with Gasteiger partial charge in [0, 0.05) is 12.1 Å². The van der Waals surface area contributed by atoms with Gasteiger partial charge in [-0.05, 0) is 6.07 Å². The number of hydrogen-bond acceptors (Lipinski definition) is 7. The number of ether oxygens (including phenoxy) is 1. The molecule has 0 aliphatic heterocycles. The number of nitrogens with one attached hydrogen (secondary N) is 1. The molecule has 1 aromatic rings. The third-order valence-electron chi connectivity index (χ3n) is 2.02. The van der Waals surface area contributed by atoms with E-state index < -0.39 is 16.5 Å². The van der Waals surface area contributed by atoms with Crippen LogP contribution in [0.15, 0.2) is 23.3 Å². The topological polar surface area (TPSA) is 144 Å². The minimum atomic E-state index is -1.01. The number of methoxy groups -OCH3 is 1. The molecule has 0 unspecified atom stereocenters. The Balaban J connectivity index is 3.12. The molecule has 9 nitrogen and oxygen atoms in total. The number of anilines is 1. The van der Waals surface area contributed by atoms with E-state index in [1.807, 2.05) is 0 Å². The van der Waals surface area contributed by atoms with Crippen LogP contribution in [0.5, 0.6) is 5.75 Å². The van der Waals surface area contributed by atoms with Crippen LogP contribution in [0.4, 0.5) is 11.4 Å². The number of primary amides is 1. The average molecular weight is 263 g/mol. The van der Waals surface area contributed by atoms with Crippen molar-refractivity contribution in [2.24, 2.45) is 10.8 Å². The number of carbonyl (C=O) groups is 1. The maximum absolute atomic E-state index is 10.8. The summed E-state index contributed by atoms with van der Waals surface area (Å²) in [5.41, 5.74) is 6.59. The van der Waals surface area contributed by atoms with Crippen molar-refractivity contribution in [3.63, 3.8) is 0 Å². The van der Waals surface area contributed by atoms with Crippen molar-refractivity contribution in [3.05, 3.63) is 28.3 Å². The van der Waals surface area contributed by atoms with Gasteiger partial charge in [0.25, 0.3) is 11.6 Å². The smallest absolute Gasteiger partial charge is 0.280 e. The number of hydrazone groups is 1. The van der Waals surface area contributed by atoms with Gasteiger partial charge in [0.15, 0.2) is 0 Å². The molecular formula is C10H9N5O4. The van der Waals surface area contributed by atoms with E-state index in [0.717, 1.165) is 6.07 Å². The molecule has 98 valence electrons. The zero-order chi connectivity index (χ0) is 14.4. The van der Waals surface area contributed by atoms with Crippen LogP contribution in [-0.4, -0.2) is 23.7 Å². The Labute approximate surface area is 107 Å². The second kappa shape index (κ2) is 5.97. The fraction of sp³-hybridized carbons (Fsp3) is 0.100. The Hall–Kier alpha value is -3.15.